The Hall–Kier alpha value is -2.64. The number of amides is 1. The molecule has 0 atom stereocenters. The molecule has 1 fully saturated rings. The zero-order valence-corrected chi connectivity index (χ0v) is 13.6. The molecular formula is C17H20F2N4O2. The number of ether oxygens (including phenoxy) is 1. The first-order valence-corrected chi connectivity index (χ1v) is 8.13. The van der Waals surface area contributed by atoms with E-state index in [-0.39, 0.29) is 30.1 Å². The number of carbonyl (C=O) groups is 1. The van der Waals surface area contributed by atoms with Crippen molar-refractivity contribution in [2.24, 2.45) is 0 Å². The van der Waals surface area contributed by atoms with E-state index in [0.717, 1.165) is 5.56 Å². The molecular weight excluding hydrogens is 330 g/mol. The largest absolute Gasteiger partial charge is 0.445 e. The Labute approximate surface area is 144 Å². The molecule has 0 spiro atoms. The van der Waals surface area contributed by atoms with Gasteiger partial charge in [-0.25, -0.2) is 13.6 Å². The summed E-state index contributed by atoms with van der Waals surface area (Å²) in [6.07, 6.45) is -0.380. The summed E-state index contributed by atoms with van der Waals surface area (Å²) in [5.74, 6) is 0. The predicted molar refractivity (Wildman–Crippen MR) is 88.1 cm³/mol. The minimum atomic E-state index is -2.69. The van der Waals surface area contributed by atoms with E-state index >= 15 is 0 Å². The summed E-state index contributed by atoms with van der Waals surface area (Å²) in [6, 6.07) is 9.41. The highest BCUT2D eigenvalue weighted by Gasteiger charge is 2.27. The van der Waals surface area contributed by atoms with E-state index in [9.17, 15) is 13.6 Å². The molecule has 25 heavy (non-hydrogen) atoms. The van der Waals surface area contributed by atoms with Gasteiger partial charge in [-0.2, -0.15) is 5.10 Å². The first kappa shape index (κ1) is 17.2. The van der Waals surface area contributed by atoms with Crippen LogP contribution in [0.25, 0.3) is 0 Å². The quantitative estimate of drug-likeness (QED) is 0.917. The molecule has 0 aliphatic carbocycles. The summed E-state index contributed by atoms with van der Waals surface area (Å²) in [6.45, 7) is 1.21. The van der Waals surface area contributed by atoms with Gasteiger partial charge in [0.1, 0.15) is 6.61 Å². The van der Waals surface area contributed by atoms with Crippen molar-refractivity contribution in [3.05, 3.63) is 47.8 Å². The van der Waals surface area contributed by atoms with Gasteiger partial charge in [0, 0.05) is 19.3 Å². The Balaban J connectivity index is 1.51. The van der Waals surface area contributed by atoms with Gasteiger partial charge in [0.2, 0.25) is 0 Å². The Kier molecular flexibility index (Phi) is 5.16. The van der Waals surface area contributed by atoms with Crippen LogP contribution in [0.4, 0.5) is 19.3 Å². The maximum atomic E-state index is 12.8. The van der Waals surface area contributed by atoms with Gasteiger partial charge in [0.25, 0.3) is 6.43 Å². The lowest BCUT2D eigenvalue weighted by Gasteiger charge is -2.31. The smallest absolute Gasteiger partial charge is 0.410 e. The summed E-state index contributed by atoms with van der Waals surface area (Å²) >= 11 is 0. The molecule has 8 heteroatoms. The van der Waals surface area contributed by atoms with Crippen LogP contribution in [-0.4, -0.2) is 33.9 Å². The van der Waals surface area contributed by atoms with Crippen LogP contribution in [0.3, 0.4) is 0 Å². The van der Waals surface area contributed by atoms with E-state index in [1.54, 1.807) is 4.90 Å². The minimum Gasteiger partial charge on any atom is -0.445 e. The fourth-order valence-electron chi connectivity index (χ4n) is 2.90. The van der Waals surface area contributed by atoms with E-state index in [1.165, 1.54) is 10.9 Å². The van der Waals surface area contributed by atoms with Crippen LogP contribution < -0.4 is 5.73 Å². The molecule has 2 aromatic rings. The van der Waals surface area contributed by atoms with Gasteiger partial charge in [-0.05, 0) is 18.4 Å². The molecule has 0 radical (unpaired) electrons. The van der Waals surface area contributed by atoms with Gasteiger partial charge in [-0.15, -0.1) is 0 Å². The van der Waals surface area contributed by atoms with Crippen molar-refractivity contribution in [2.75, 3.05) is 18.8 Å². The summed E-state index contributed by atoms with van der Waals surface area (Å²) in [4.78, 5) is 13.7. The van der Waals surface area contributed by atoms with Gasteiger partial charge in [0.05, 0.1) is 11.7 Å². The summed E-state index contributed by atoms with van der Waals surface area (Å²) < 4.78 is 32.3. The average molecular weight is 350 g/mol. The molecule has 2 N–H and O–H groups in total. The van der Waals surface area contributed by atoms with Crippen LogP contribution in [0.2, 0.25) is 0 Å². The Morgan fingerprint density at radius 2 is 1.96 bits per heavy atom. The van der Waals surface area contributed by atoms with Gasteiger partial charge in [-0.1, -0.05) is 30.3 Å². The van der Waals surface area contributed by atoms with Crippen LogP contribution in [-0.2, 0) is 11.3 Å². The molecule has 0 bridgehead atoms. The van der Waals surface area contributed by atoms with Crippen LogP contribution in [0.1, 0.15) is 36.6 Å². The molecule has 3 rings (SSSR count). The van der Waals surface area contributed by atoms with E-state index < -0.39 is 6.43 Å². The lowest BCUT2D eigenvalue weighted by molar-refractivity contribution is 0.0818. The van der Waals surface area contributed by atoms with Crippen LogP contribution >= 0.6 is 0 Å². The highest BCUT2D eigenvalue weighted by Crippen LogP contribution is 2.28. The molecule has 1 saturated heterocycles. The normalized spacial score (nSPS) is 15.6. The maximum absolute atomic E-state index is 12.8. The van der Waals surface area contributed by atoms with Crippen LogP contribution in [0, 0.1) is 0 Å². The molecule has 1 aliphatic rings. The predicted octanol–water partition coefficient (Wildman–Crippen LogP) is 3.38. The third-order valence-electron chi connectivity index (χ3n) is 4.30. The lowest BCUT2D eigenvalue weighted by atomic mass is 10.1. The first-order valence-electron chi connectivity index (χ1n) is 8.13. The summed E-state index contributed by atoms with van der Waals surface area (Å²) in [5, 5.41) is 3.89. The van der Waals surface area contributed by atoms with E-state index in [2.05, 4.69) is 5.10 Å². The number of nitrogen functional groups attached to an aromatic ring is 1. The van der Waals surface area contributed by atoms with Crippen molar-refractivity contribution in [1.29, 1.82) is 0 Å². The molecule has 1 aliphatic heterocycles. The fraction of sp³-hybridized carbons (Fsp3) is 0.412. The second-order valence-electron chi connectivity index (χ2n) is 6.01. The third kappa shape index (κ3) is 4.07. The highest BCUT2D eigenvalue weighted by molar-refractivity contribution is 5.67. The molecule has 0 unspecified atom stereocenters. The zero-order valence-electron chi connectivity index (χ0n) is 13.6. The second kappa shape index (κ2) is 7.50. The number of hydrogen-bond acceptors (Lipinski definition) is 4. The zero-order chi connectivity index (χ0) is 17.8. The fourth-order valence-corrected chi connectivity index (χ4v) is 2.90. The van der Waals surface area contributed by atoms with Crippen LogP contribution in [0.5, 0.6) is 0 Å². The van der Waals surface area contributed by atoms with E-state index in [0.29, 0.717) is 25.9 Å². The first-order chi connectivity index (χ1) is 12.0. The molecule has 134 valence electrons. The SMILES string of the molecule is Nc1cn(C2CCN(C(=O)OCc3ccccc3)CC2)nc1C(F)F. The van der Waals surface area contributed by atoms with Gasteiger partial charge >= 0.3 is 6.09 Å². The number of alkyl halides is 2. The van der Waals surface area contributed by atoms with Gasteiger partial charge in [0.15, 0.2) is 5.69 Å². The van der Waals surface area contributed by atoms with Crippen molar-refractivity contribution in [1.82, 2.24) is 14.7 Å². The molecule has 1 aromatic carbocycles. The van der Waals surface area contributed by atoms with Crippen molar-refractivity contribution in [3.63, 3.8) is 0 Å². The van der Waals surface area contributed by atoms with Crippen LogP contribution in [0.15, 0.2) is 36.5 Å². The van der Waals surface area contributed by atoms with Crippen molar-refractivity contribution in [2.45, 2.75) is 31.9 Å². The van der Waals surface area contributed by atoms with Gasteiger partial charge in [-0.3, -0.25) is 4.68 Å². The number of benzene rings is 1. The number of nitrogens with two attached hydrogens (primary N) is 1. The maximum Gasteiger partial charge on any atom is 0.410 e. The average Bonchev–Trinajstić information content (AvgIpc) is 3.03. The molecule has 2 heterocycles. The van der Waals surface area contributed by atoms with Crippen molar-refractivity contribution < 1.29 is 18.3 Å². The highest BCUT2D eigenvalue weighted by atomic mass is 19.3. The second-order valence-corrected chi connectivity index (χ2v) is 6.01. The number of halogens is 2. The molecule has 6 nitrogen and oxygen atoms in total. The number of carbonyl (C=O) groups excluding carboxylic acids is 1. The van der Waals surface area contributed by atoms with E-state index in [1.807, 2.05) is 30.3 Å². The number of anilines is 1. The number of aromatic nitrogens is 2. The van der Waals surface area contributed by atoms with Gasteiger partial charge < -0.3 is 15.4 Å². The number of likely N-dealkylation sites (tertiary alicyclic amines) is 1. The standard InChI is InChI=1S/C17H20F2N4O2/c18-16(19)15-14(20)10-23(21-15)13-6-8-22(9-7-13)17(24)25-11-12-4-2-1-3-5-12/h1-5,10,13,16H,6-9,11,20H2. The number of piperidine rings is 1. The minimum absolute atomic E-state index is 0.000277. The lowest BCUT2D eigenvalue weighted by Crippen LogP contribution is -2.39. The molecule has 1 amide bonds. The monoisotopic (exact) mass is 350 g/mol. The Bertz CT molecular complexity index is 713. The topological polar surface area (TPSA) is 73.4 Å². The Morgan fingerprint density at radius 1 is 1.28 bits per heavy atom. The molecule has 1 aromatic heterocycles. The third-order valence-corrected chi connectivity index (χ3v) is 4.30. The van der Waals surface area contributed by atoms with Crippen molar-refractivity contribution >= 4 is 11.8 Å². The summed E-state index contributed by atoms with van der Waals surface area (Å²) in [7, 11) is 0. The summed E-state index contributed by atoms with van der Waals surface area (Å²) in [5.41, 5.74) is 6.11. The van der Waals surface area contributed by atoms with Crippen molar-refractivity contribution in [3.8, 4) is 0 Å². The number of rotatable bonds is 4. The number of hydrogen-bond donors (Lipinski definition) is 1. The Morgan fingerprint density at radius 3 is 2.56 bits per heavy atom. The van der Waals surface area contributed by atoms with E-state index in [4.69, 9.17) is 10.5 Å². The number of nitrogens with zero attached hydrogens (tertiary/aromatic N) is 3. The molecule has 0 saturated carbocycles.